The molecule has 1 amide bonds. The third-order valence-corrected chi connectivity index (χ3v) is 3.54. The number of benzene rings is 1. The highest BCUT2D eigenvalue weighted by molar-refractivity contribution is 7.80. The molecule has 2 nitrogen and oxygen atoms in total. The van der Waals surface area contributed by atoms with Gasteiger partial charge in [0.25, 0.3) is 5.91 Å². The smallest absolute Gasteiger partial charge is 0.254 e. The van der Waals surface area contributed by atoms with Crippen molar-refractivity contribution in [2.24, 2.45) is 0 Å². The Balaban J connectivity index is 2.99. The van der Waals surface area contributed by atoms with Crippen molar-refractivity contribution in [2.75, 3.05) is 7.05 Å². The summed E-state index contributed by atoms with van der Waals surface area (Å²) < 4.78 is 0. The molecule has 0 unspecified atom stereocenters. The van der Waals surface area contributed by atoms with Gasteiger partial charge < -0.3 is 4.90 Å². The third-order valence-electron chi connectivity index (χ3n) is 3.26. The summed E-state index contributed by atoms with van der Waals surface area (Å²) in [5.41, 5.74) is 1.76. The summed E-state index contributed by atoms with van der Waals surface area (Å²) in [6.07, 6.45) is 1.97. The van der Waals surface area contributed by atoms with Crippen LogP contribution in [-0.4, -0.2) is 23.9 Å². The third kappa shape index (κ3) is 3.25. The van der Waals surface area contributed by atoms with Crippen LogP contribution in [0.2, 0.25) is 0 Å². The first-order chi connectivity index (χ1) is 8.01. The van der Waals surface area contributed by atoms with Gasteiger partial charge in [0.1, 0.15) is 0 Å². The van der Waals surface area contributed by atoms with Crippen molar-refractivity contribution in [1.82, 2.24) is 4.90 Å². The molecule has 3 heteroatoms. The quantitative estimate of drug-likeness (QED) is 0.812. The lowest BCUT2D eigenvalue weighted by Crippen LogP contribution is -2.36. The second-order valence-corrected chi connectivity index (χ2v) is 4.90. The number of hydrogen-bond acceptors (Lipinski definition) is 2. The van der Waals surface area contributed by atoms with Gasteiger partial charge in [-0.15, -0.1) is 12.6 Å². The van der Waals surface area contributed by atoms with Crippen molar-refractivity contribution >= 4 is 18.5 Å². The van der Waals surface area contributed by atoms with E-state index in [2.05, 4.69) is 26.5 Å². The molecule has 1 rings (SSSR count). The standard InChI is InChI=1S/C14H21NOS/c1-5-11(6-2)15(4)14(16)13-9-12(17)8-7-10(13)3/h7-9,11,17H,5-6H2,1-4H3. The number of carbonyl (C=O) groups is 1. The minimum atomic E-state index is 0.0899. The monoisotopic (exact) mass is 251 g/mol. The van der Waals surface area contributed by atoms with Crippen molar-refractivity contribution in [3.63, 3.8) is 0 Å². The summed E-state index contributed by atoms with van der Waals surface area (Å²) in [5, 5.41) is 0. The zero-order valence-corrected chi connectivity index (χ0v) is 11.9. The van der Waals surface area contributed by atoms with Gasteiger partial charge in [0, 0.05) is 23.5 Å². The average Bonchev–Trinajstić information content (AvgIpc) is 2.32. The average molecular weight is 251 g/mol. The van der Waals surface area contributed by atoms with E-state index in [0.717, 1.165) is 28.9 Å². The summed E-state index contributed by atoms with van der Waals surface area (Å²) in [5.74, 6) is 0.0899. The molecule has 0 aliphatic rings. The number of nitrogens with zero attached hydrogens (tertiary/aromatic N) is 1. The lowest BCUT2D eigenvalue weighted by molar-refractivity contribution is 0.0722. The molecule has 0 radical (unpaired) electrons. The number of aryl methyl sites for hydroxylation is 1. The summed E-state index contributed by atoms with van der Waals surface area (Å²) in [4.78, 5) is 15.0. The Hall–Kier alpha value is -0.960. The Morgan fingerprint density at radius 1 is 1.35 bits per heavy atom. The predicted molar refractivity (Wildman–Crippen MR) is 74.9 cm³/mol. The molecule has 0 bridgehead atoms. The Kier molecular flexibility index (Phi) is 5.06. The van der Waals surface area contributed by atoms with Gasteiger partial charge >= 0.3 is 0 Å². The maximum Gasteiger partial charge on any atom is 0.254 e. The Morgan fingerprint density at radius 2 is 1.94 bits per heavy atom. The van der Waals surface area contributed by atoms with Crippen LogP contribution in [0.4, 0.5) is 0 Å². The number of hydrogen-bond donors (Lipinski definition) is 1. The van der Waals surface area contributed by atoms with Crippen molar-refractivity contribution in [3.8, 4) is 0 Å². The molecular formula is C14H21NOS. The molecule has 0 aromatic heterocycles. The van der Waals surface area contributed by atoms with Crippen molar-refractivity contribution < 1.29 is 4.79 Å². The van der Waals surface area contributed by atoms with Gasteiger partial charge in [-0.2, -0.15) is 0 Å². The van der Waals surface area contributed by atoms with Gasteiger partial charge in [-0.3, -0.25) is 4.79 Å². The molecule has 0 aliphatic carbocycles. The van der Waals surface area contributed by atoms with E-state index in [4.69, 9.17) is 0 Å². The minimum Gasteiger partial charge on any atom is -0.339 e. The van der Waals surface area contributed by atoms with Gasteiger partial charge in [0.2, 0.25) is 0 Å². The van der Waals surface area contributed by atoms with Crippen LogP contribution in [0, 0.1) is 6.92 Å². The lowest BCUT2D eigenvalue weighted by atomic mass is 10.1. The van der Waals surface area contributed by atoms with Gasteiger partial charge in [-0.1, -0.05) is 19.9 Å². The molecule has 0 saturated heterocycles. The molecule has 1 aromatic rings. The van der Waals surface area contributed by atoms with Crippen molar-refractivity contribution in [2.45, 2.75) is 44.6 Å². The van der Waals surface area contributed by atoms with Crippen LogP contribution in [0.25, 0.3) is 0 Å². The summed E-state index contributed by atoms with van der Waals surface area (Å²) in [6, 6.07) is 6.01. The highest BCUT2D eigenvalue weighted by Crippen LogP contribution is 2.18. The highest BCUT2D eigenvalue weighted by atomic mass is 32.1. The van der Waals surface area contributed by atoms with E-state index < -0.39 is 0 Å². The van der Waals surface area contributed by atoms with Gasteiger partial charge in [0.15, 0.2) is 0 Å². The summed E-state index contributed by atoms with van der Waals surface area (Å²) in [6.45, 7) is 6.18. The van der Waals surface area contributed by atoms with Gasteiger partial charge in [0.05, 0.1) is 0 Å². The molecule has 0 aliphatic heterocycles. The second-order valence-electron chi connectivity index (χ2n) is 4.39. The summed E-state index contributed by atoms with van der Waals surface area (Å²) in [7, 11) is 1.88. The van der Waals surface area contributed by atoms with E-state index in [0.29, 0.717) is 6.04 Å². The van der Waals surface area contributed by atoms with Gasteiger partial charge in [-0.25, -0.2) is 0 Å². The van der Waals surface area contributed by atoms with E-state index in [1.165, 1.54) is 0 Å². The molecule has 0 N–H and O–H groups in total. The minimum absolute atomic E-state index is 0.0899. The fraction of sp³-hybridized carbons (Fsp3) is 0.500. The zero-order valence-electron chi connectivity index (χ0n) is 11.0. The number of thiol groups is 1. The summed E-state index contributed by atoms with van der Waals surface area (Å²) >= 11 is 4.29. The number of carbonyl (C=O) groups excluding carboxylic acids is 1. The first-order valence-corrected chi connectivity index (χ1v) is 6.52. The molecule has 0 heterocycles. The Morgan fingerprint density at radius 3 is 2.47 bits per heavy atom. The predicted octanol–water partition coefficient (Wildman–Crippen LogP) is 3.54. The Labute approximate surface area is 109 Å². The van der Waals surface area contributed by atoms with Crippen molar-refractivity contribution in [1.29, 1.82) is 0 Å². The Bertz CT molecular complexity index is 399. The van der Waals surface area contributed by atoms with Gasteiger partial charge in [-0.05, 0) is 37.5 Å². The molecular weight excluding hydrogens is 230 g/mol. The molecule has 0 atom stereocenters. The topological polar surface area (TPSA) is 20.3 Å². The SMILES string of the molecule is CCC(CC)N(C)C(=O)c1cc(S)ccc1C. The fourth-order valence-corrected chi connectivity index (χ4v) is 2.24. The maximum atomic E-state index is 12.4. The molecule has 94 valence electrons. The zero-order chi connectivity index (χ0) is 13.0. The normalized spacial score (nSPS) is 10.7. The van der Waals surface area contributed by atoms with E-state index in [1.54, 1.807) is 0 Å². The van der Waals surface area contributed by atoms with E-state index >= 15 is 0 Å². The fourth-order valence-electron chi connectivity index (χ4n) is 2.03. The van der Waals surface area contributed by atoms with Crippen LogP contribution in [0.15, 0.2) is 23.1 Å². The molecule has 0 spiro atoms. The molecule has 0 saturated carbocycles. The maximum absolute atomic E-state index is 12.4. The van der Waals surface area contributed by atoms with Crippen LogP contribution in [0.1, 0.15) is 42.6 Å². The highest BCUT2D eigenvalue weighted by Gasteiger charge is 2.19. The second kappa shape index (κ2) is 6.10. The molecule has 1 aromatic carbocycles. The van der Waals surface area contributed by atoms with Crippen LogP contribution in [0.3, 0.4) is 0 Å². The van der Waals surface area contributed by atoms with Crippen molar-refractivity contribution in [3.05, 3.63) is 29.3 Å². The number of amides is 1. The van der Waals surface area contributed by atoms with E-state index in [-0.39, 0.29) is 5.91 Å². The first kappa shape index (κ1) is 14.1. The van der Waals surface area contributed by atoms with Crippen LogP contribution < -0.4 is 0 Å². The van der Waals surface area contributed by atoms with Crippen LogP contribution in [0.5, 0.6) is 0 Å². The van der Waals surface area contributed by atoms with Crippen LogP contribution >= 0.6 is 12.6 Å². The van der Waals surface area contributed by atoms with E-state index in [1.807, 2.05) is 37.1 Å². The van der Waals surface area contributed by atoms with E-state index in [9.17, 15) is 4.79 Å². The lowest BCUT2D eigenvalue weighted by Gasteiger charge is -2.27. The molecule has 17 heavy (non-hydrogen) atoms. The molecule has 0 fully saturated rings. The van der Waals surface area contributed by atoms with Crippen LogP contribution in [-0.2, 0) is 0 Å². The number of rotatable bonds is 4. The first-order valence-electron chi connectivity index (χ1n) is 6.08. The largest absolute Gasteiger partial charge is 0.339 e.